The molecule has 1 rings (SSSR count). The molecule has 6 heteroatoms. The van der Waals surface area contributed by atoms with Gasteiger partial charge in [-0.15, -0.1) is 0 Å². The van der Waals surface area contributed by atoms with Gasteiger partial charge in [-0.05, 0) is 13.0 Å². The van der Waals surface area contributed by atoms with E-state index in [-0.39, 0.29) is 18.0 Å². The highest BCUT2D eigenvalue weighted by Gasteiger charge is 2.04. The summed E-state index contributed by atoms with van der Waals surface area (Å²) in [7, 11) is 0. The molecule has 6 nitrogen and oxygen atoms in total. The molecule has 0 spiro atoms. The molecule has 1 heterocycles. The number of aromatic nitrogens is 1. The van der Waals surface area contributed by atoms with Gasteiger partial charge >= 0.3 is 0 Å². The van der Waals surface area contributed by atoms with Crippen LogP contribution in [0.4, 0.5) is 11.5 Å². The molecule has 0 aliphatic heterocycles. The third kappa shape index (κ3) is 2.81. The summed E-state index contributed by atoms with van der Waals surface area (Å²) in [6.45, 7) is 1.61. The number of pyridine rings is 1. The van der Waals surface area contributed by atoms with Crippen molar-refractivity contribution in [2.24, 2.45) is 0 Å². The van der Waals surface area contributed by atoms with Crippen LogP contribution >= 0.6 is 0 Å². The van der Waals surface area contributed by atoms with E-state index in [2.05, 4.69) is 10.3 Å². The number of ketones is 1. The second kappa shape index (κ2) is 4.31. The molecule has 1 N–H and O–H groups in total. The van der Waals surface area contributed by atoms with Gasteiger partial charge < -0.3 is 5.32 Å². The van der Waals surface area contributed by atoms with Gasteiger partial charge in [0.25, 0.3) is 5.69 Å². The van der Waals surface area contributed by atoms with Gasteiger partial charge in [-0.25, -0.2) is 4.98 Å². The quantitative estimate of drug-likeness (QED) is 0.572. The van der Waals surface area contributed by atoms with Crippen LogP contribution in [0.15, 0.2) is 18.3 Å². The van der Waals surface area contributed by atoms with E-state index < -0.39 is 4.92 Å². The average Bonchev–Trinajstić information content (AvgIpc) is 2.15. The van der Waals surface area contributed by atoms with Crippen LogP contribution in [-0.2, 0) is 4.79 Å². The van der Waals surface area contributed by atoms with Crippen LogP contribution in [-0.4, -0.2) is 22.2 Å². The summed E-state index contributed by atoms with van der Waals surface area (Å²) in [6.07, 6.45) is 1.14. The Morgan fingerprint density at radius 2 is 2.36 bits per heavy atom. The highest BCUT2D eigenvalue weighted by molar-refractivity contribution is 5.79. The van der Waals surface area contributed by atoms with Crippen LogP contribution in [0.3, 0.4) is 0 Å². The van der Waals surface area contributed by atoms with Crippen molar-refractivity contribution in [2.75, 3.05) is 11.9 Å². The number of hydrogen-bond acceptors (Lipinski definition) is 5. The SMILES string of the molecule is CC(=O)CNc1ccc([N+](=O)[O-])cn1. The minimum atomic E-state index is -0.526. The van der Waals surface area contributed by atoms with E-state index in [0.717, 1.165) is 6.20 Å². The van der Waals surface area contributed by atoms with Crippen molar-refractivity contribution in [3.05, 3.63) is 28.4 Å². The molecule has 1 aromatic heterocycles. The zero-order valence-corrected chi connectivity index (χ0v) is 7.56. The zero-order chi connectivity index (χ0) is 10.6. The zero-order valence-electron chi connectivity index (χ0n) is 7.56. The van der Waals surface area contributed by atoms with Crippen LogP contribution in [0.2, 0.25) is 0 Å². The molecule has 0 unspecified atom stereocenters. The average molecular weight is 195 g/mol. The number of nitrogens with zero attached hydrogens (tertiary/aromatic N) is 2. The maximum absolute atomic E-state index is 10.6. The predicted octanol–water partition coefficient (Wildman–Crippen LogP) is 0.991. The lowest BCUT2D eigenvalue weighted by molar-refractivity contribution is -0.385. The molecule has 0 saturated heterocycles. The normalized spacial score (nSPS) is 9.50. The summed E-state index contributed by atoms with van der Waals surface area (Å²) in [6, 6.07) is 2.79. The van der Waals surface area contributed by atoms with Crippen LogP contribution in [0.1, 0.15) is 6.92 Å². The molecule has 0 saturated carbocycles. The van der Waals surface area contributed by atoms with Gasteiger partial charge in [0.1, 0.15) is 17.8 Å². The highest BCUT2D eigenvalue weighted by Crippen LogP contribution is 2.11. The Hall–Kier alpha value is -1.98. The van der Waals surface area contributed by atoms with Gasteiger partial charge in [0.05, 0.1) is 11.5 Å². The first-order chi connectivity index (χ1) is 6.59. The van der Waals surface area contributed by atoms with Crippen molar-refractivity contribution in [2.45, 2.75) is 6.92 Å². The van der Waals surface area contributed by atoms with E-state index in [4.69, 9.17) is 0 Å². The molecule has 0 bridgehead atoms. The van der Waals surface area contributed by atoms with Crippen molar-refractivity contribution in [3.8, 4) is 0 Å². The molecule has 0 aliphatic carbocycles. The van der Waals surface area contributed by atoms with Gasteiger partial charge in [0.15, 0.2) is 0 Å². The first-order valence-electron chi connectivity index (χ1n) is 3.93. The van der Waals surface area contributed by atoms with Gasteiger partial charge in [-0.3, -0.25) is 14.9 Å². The molecule has 0 radical (unpaired) electrons. The van der Waals surface area contributed by atoms with E-state index in [1.807, 2.05) is 0 Å². The summed E-state index contributed by atoms with van der Waals surface area (Å²) in [5.74, 6) is 0.427. The third-order valence-corrected chi connectivity index (χ3v) is 1.48. The van der Waals surface area contributed by atoms with Crippen LogP contribution in [0.5, 0.6) is 0 Å². The number of rotatable bonds is 4. The molecule has 0 fully saturated rings. The molecular weight excluding hydrogens is 186 g/mol. The van der Waals surface area contributed by atoms with Crippen molar-refractivity contribution in [1.82, 2.24) is 4.98 Å². The van der Waals surface area contributed by atoms with Crippen molar-refractivity contribution in [3.63, 3.8) is 0 Å². The minimum Gasteiger partial charge on any atom is -0.363 e. The molecule has 74 valence electrons. The van der Waals surface area contributed by atoms with E-state index in [1.54, 1.807) is 0 Å². The van der Waals surface area contributed by atoms with Gasteiger partial charge in [-0.2, -0.15) is 0 Å². The molecule has 0 aromatic carbocycles. The molecule has 14 heavy (non-hydrogen) atoms. The van der Waals surface area contributed by atoms with E-state index >= 15 is 0 Å². The molecular formula is C8H9N3O3. The first-order valence-corrected chi connectivity index (χ1v) is 3.93. The Morgan fingerprint density at radius 3 is 2.79 bits per heavy atom. The first kappa shape index (κ1) is 10.1. The number of nitrogens with one attached hydrogen (secondary N) is 1. The largest absolute Gasteiger partial charge is 0.363 e. The summed E-state index contributed by atoms with van der Waals surface area (Å²) < 4.78 is 0. The fourth-order valence-electron chi connectivity index (χ4n) is 0.814. The highest BCUT2D eigenvalue weighted by atomic mass is 16.6. The van der Waals surface area contributed by atoms with Gasteiger partial charge in [-0.1, -0.05) is 0 Å². The maximum atomic E-state index is 10.6. The second-order valence-corrected chi connectivity index (χ2v) is 2.71. The Balaban J connectivity index is 2.64. The topological polar surface area (TPSA) is 85.1 Å². The predicted molar refractivity (Wildman–Crippen MR) is 50.1 cm³/mol. The summed E-state index contributed by atoms with van der Waals surface area (Å²) >= 11 is 0. The Bertz CT molecular complexity index is 347. The van der Waals surface area contributed by atoms with Crippen LogP contribution in [0.25, 0.3) is 0 Å². The van der Waals surface area contributed by atoms with E-state index in [9.17, 15) is 14.9 Å². The lowest BCUT2D eigenvalue weighted by atomic mass is 10.4. The van der Waals surface area contributed by atoms with Crippen molar-refractivity contribution in [1.29, 1.82) is 0 Å². The van der Waals surface area contributed by atoms with Gasteiger partial charge in [0, 0.05) is 6.07 Å². The summed E-state index contributed by atoms with van der Waals surface area (Å²) in [5, 5.41) is 13.0. The third-order valence-electron chi connectivity index (χ3n) is 1.48. The van der Waals surface area contributed by atoms with Crippen molar-refractivity contribution < 1.29 is 9.72 Å². The molecule has 0 aliphatic rings. The lowest BCUT2D eigenvalue weighted by Gasteiger charge is -2.01. The Morgan fingerprint density at radius 1 is 1.64 bits per heavy atom. The number of anilines is 1. The second-order valence-electron chi connectivity index (χ2n) is 2.71. The molecule has 0 atom stereocenters. The molecule has 1 aromatic rings. The van der Waals surface area contributed by atoms with Gasteiger partial charge in [0.2, 0.25) is 0 Å². The minimum absolute atomic E-state index is 0.0230. The standard InChI is InChI=1S/C8H9N3O3/c1-6(12)4-9-8-3-2-7(5-10-8)11(13)14/h2-3,5H,4H2,1H3,(H,9,10). The monoisotopic (exact) mass is 195 g/mol. The lowest BCUT2D eigenvalue weighted by Crippen LogP contribution is -2.10. The fourth-order valence-corrected chi connectivity index (χ4v) is 0.814. The number of hydrogen-bond donors (Lipinski definition) is 1. The van der Waals surface area contributed by atoms with Crippen molar-refractivity contribution >= 4 is 17.3 Å². The van der Waals surface area contributed by atoms with Crippen LogP contribution in [0, 0.1) is 10.1 Å². The molecule has 0 amide bonds. The Kier molecular flexibility index (Phi) is 3.11. The number of carbonyl (C=O) groups is 1. The number of nitro groups is 1. The summed E-state index contributed by atoms with van der Waals surface area (Å²) in [5.41, 5.74) is -0.0709. The summed E-state index contributed by atoms with van der Waals surface area (Å²) in [4.78, 5) is 24.1. The smallest absolute Gasteiger partial charge is 0.287 e. The Labute approximate surface area is 80.1 Å². The van der Waals surface area contributed by atoms with E-state index in [0.29, 0.717) is 5.82 Å². The maximum Gasteiger partial charge on any atom is 0.287 e. The fraction of sp³-hybridized carbons (Fsp3) is 0.250. The van der Waals surface area contributed by atoms with E-state index in [1.165, 1.54) is 19.1 Å². The number of carbonyl (C=O) groups excluding carboxylic acids is 1. The number of Topliss-reactive ketones (excluding diaryl/α,β-unsaturated/α-hetero) is 1. The van der Waals surface area contributed by atoms with Crippen LogP contribution < -0.4 is 5.32 Å².